The number of carbonyl (C=O) groups excluding carboxylic acids is 1. The van der Waals surface area contributed by atoms with Crippen LogP contribution in [0.4, 0.5) is 5.95 Å². The zero-order valence-corrected chi connectivity index (χ0v) is 15.5. The Hall–Kier alpha value is -1.44. The van der Waals surface area contributed by atoms with Gasteiger partial charge < -0.3 is 5.73 Å². The van der Waals surface area contributed by atoms with Gasteiger partial charge in [-0.2, -0.15) is 0 Å². The Morgan fingerprint density at radius 3 is 2.87 bits per heavy atom. The lowest BCUT2D eigenvalue weighted by Gasteiger charge is -2.21. The fourth-order valence-electron chi connectivity index (χ4n) is 2.13. The third-order valence-corrected chi connectivity index (χ3v) is 3.78. The Labute approximate surface area is 150 Å². The molecule has 2 aromatic rings. The summed E-state index contributed by atoms with van der Waals surface area (Å²) >= 11 is 3.43. The van der Waals surface area contributed by atoms with Crippen molar-refractivity contribution in [1.82, 2.24) is 14.8 Å². The summed E-state index contributed by atoms with van der Waals surface area (Å²) in [5, 5.41) is 6.92. The fourth-order valence-corrected chi connectivity index (χ4v) is 2.57. The van der Waals surface area contributed by atoms with E-state index in [1.807, 2.05) is 31.2 Å². The molecule has 1 heterocycles. The molecule has 0 saturated heterocycles. The smallest absolute Gasteiger partial charge is 0.248 e. The van der Waals surface area contributed by atoms with E-state index in [2.05, 4.69) is 31.3 Å². The minimum Gasteiger partial charge on any atom is -0.318 e. The number of aromatic nitrogens is 3. The van der Waals surface area contributed by atoms with Gasteiger partial charge in [0, 0.05) is 4.47 Å². The quantitative estimate of drug-likeness (QED) is 0.778. The maximum Gasteiger partial charge on any atom is 0.248 e. The van der Waals surface area contributed by atoms with Gasteiger partial charge in [0.2, 0.25) is 11.9 Å². The number of nitrogens with two attached hydrogens (primary N) is 1. The maximum absolute atomic E-state index is 12.1. The first-order chi connectivity index (χ1) is 10.4. The van der Waals surface area contributed by atoms with Gasteiger partial charge in [-0.05, 0) is 31.0 Å². The lowest BCUT2D eigenvalue weighted by Crippen LogP contribution is -2.48. The first kappa shape index (κ1) is 19.6. The highest BCUT2D eigenvalue weighted by Crippen LogP contribution is 2.14. The average molecular weight is 403 g/mol. The number of nitrogens with zero attached hydrogens (tertiary/aromatic N) is 3. The van der Waals surface area contributed by atoms with Crippen LogP contribution in [0.5, 0.6) is 0 Å². The number of rotatable bonds is 6. The second kappa shape index (κ2) is 8.42. The average Bonchev–Trinajstić information content (AvgIpc) is 2.86. The molecule has 3 N–H and O–H groups in total. The van der Waals surface area contributed by atoms with E-state index < -0.39 is 5.54 Å². The van der Waals surface area contributed by atoms with Crippen LogP contribution in [-0.2, 0) is 11.3 Å². The van der Waals surface area contributed by atoms with Crippen LogP contribution < -0.4 is 11.1 Å². The number of halogens is 2. The number of nitrogens with one attached hydrogen (secondary N) is 1. The molecular formula is C15H21BrClN5O. The molecule has 1 aromatic heterocycles. The summed E-state index contributed by atoms with van der Waals surface area (Å²) in [4.78, 5) is 16.2. The number of amides is 1. The summed E-state index contributed by atoms with van der Waals surface area (Å²) in [5.41, 5.74) is 6.16. The molecule has 0 aliphatic heterocycles. The van der Waals surface area contributed by atoms with Crippen molar-refractivity contribution in [3.8, 4) is 0 Å². The molecule has 0 aliphatic carbocycles. The molecule has 0 radical (unpaired) electrons. The summed E-state index contributed by atoms with van der Waals surface area (Å²) in [7, 11) is 0. The van der Waals surface area contributed by atoms with Crippen molar-refractivity contribution in [2.45, 2.75) is 38.8 Å². The minimum atomic E-state index is -0.912. The predicted molar refractivity (Wildman–Crippen MR) is 96.6 cm³/mol. The number of carbonyl (C=O) groups is 1. The molecule has 1 atom stereocenters. The molecule has 23 heavy (non-hydrogen) atoms. The van der Waals surface area contributed by atoms with Gasteiger partial charge in [0.05, 0.1) is 12.1 Å². The number of hydrogen-bond acceptors (Lipinski definition) is 4. The Morgan fingerprint density at radius 1 is 1.48 bits per heavy atom. The second-order valence-electron chi connectivity index (χ2n) is 5.52. The van der Waals surface area contributed by atoms with Crippen LogP contribution in [0.1, 0.15) is 32.3 Å². The van der Waals surface area contributed by atoms with E-state index in [1.165, 1.54) is 0 Å². The van der Waals surface area contributed by atoms with Gasteiger partial charge in [-0.15, -0.1) is 17.5 Å². The molecular weight excluding hydrogens is 382 g/mol. The molecule has 1 amide bonds. The summed E-state index contributed by atoms with van der Waals surface area (Å²) in [6.45, 7) is 4.28. The highest BCUT2D eigenvalue weighted by atomic mass is 79.9. The third-order valence-electron chi connectivity index (χ3n) is 3.28. The lowest BCUT2D eigenvalue weighted by atomic mass is 9.97. The normalized spacial score (nSPS) is 13.0. The molecule has 0 fully saturated rings. The molecule has 0 bridgehead atoms. The first-order valence-corrected chi connectivity index (χ1v) is 7.94. The lowest BCUT2D eigenvalue weighted by molar-refractivity contribution is -0.120. The van der Waals surface area contributed by atoms with Gasteiger partial charge in [-0.1, -0.05) is 41.4 Å². The Kier molecular flexibility index (Phi) is 7.18. The van der Waals surface area contributed by atoms with E-state index in [0.29, 0.717) is 13.0 Å². The highest BCUT2D eigenvalue weighted by Gasteiger charge is 2.27. The van der Waals surface area contributed by atoms with Gasteiger partial charge >= 0.3 is 0 Å². The molecule has 1 aromatic carbocycles. The third kappa shape index (κ3) is 5.60. The van der Waals surface area contributed by atoms with Gasteiger partial charge in [0.25, 0.3) is 0 Å². The zero-order valence-electron chi connectivity index (χ0n) is 13.1. The Balaban J connectivity index is 0.00000264. The summed E-state index contributed by atoms with van der Waals surface area (Å²) in [5.74, 6) is 0.00216. The van der Waals surface area contributed by atoms with Gasteiger partial charge in [0.1, 0.15) is 6.33 Å². The van der Waals surface area contributed by atoms with Crippen molar-refractivity contribution in [3.63, 3.8) is 0 Å². The van der Waals surface area contributed by atoms with E-state index in [1.54, 1.807) is 17.9 Å². The SMILES string of the molecule is CCCC(C)(N)C(=O)Nc1ncn(Cc2cccc(Br)c2)n1.Cl. The molecule has 0 spiro atoms. The molecule has 126 valence electrons. The van der Waals surface area contributed by atoms with Gasteiger partial charge in [0.15, 0.2) is 0 Å². The number of anilines is 1. The molecule has 2 rings (SSSR count). The zero-order chi connectivity index (χ0) is 16.2. The van der Waals surface area contributed by atoms with Crippen LogP contribution in [0, 0.1) is 0 Å². The largest absolute Gasteiger partial charge is 0.318 e. The highest BCUT2D eigenvalue weighted by molar-refractivity contribution is 9.10. The van der Waals surface area contributed by atoms with Crippen molar-refractivity contribution in [1.29, 1.82) is 0 Å². The van der Waals surface area contributed by atoms with E-state index in [-0.39, 0.29) is 24.3 Å². The van der Waals surface area contributed by atoms with E-state index in [4.69, 9.17) is 5.73 Å². The molecule has 0 aliphatic rings. The van der Waals surface area contributed by atoms with E-state index >= 15 is 0 Å². The summed E-state index contributed by atoms with van der Waals surface area (Å²) in [6, 6.07) is 7.94. The Morgan fingerprint density at radius 2 is 2.22 bits per heavy atom. The molecule has 1 unspecified atom stereocenters. The standard InChI is InChI=1S/C15H20BrN5O.ClH/c1-3-7-15(2,17)13(22)19-14-18-10-21(20-14)9-11-5-4-6-12(16)8-11;/h4-6,8,10H,3,7,9,17H2,1-2H3,(H,19,20,22);1H. The van der Waals surface area contributed by atoms with Crippen molar-refractivity contribution in [2.24, 2.45) is 5.73 Å². The van der Waals surface area contributed by atoms with Crippen molar-refractivity contribution >= 4 is 40.2 Å². The number of benzene rings is 1. The van der Waals surface area contributed by atoms with E-state index in [9.17, 15) is 4.79 Å². The van der Waals surface area contributed by atoms with Crippen LogP contribution in [0.3, 0.4) is 0 Å². The van der Waals surface area contributed by atoms with E-state index in [0.717, 1.165) is 16.5 Å². The van der Waals surface area contributed by atoms with Crippen molar-refractivity contribution in [2.75, 3.05) is 5.32 Å². The minimum absolute atomic E-state index is 0. The topological polar surface area (TPSA) is 85.8 Å². The maximum atomic E-state index is 12.1. The predicted octanol–water partition coefficient (Wildman–Crippen LogP) is 2.97. The van der Waals surface area contributed by atoms with Crippen molar-refractivity contribution < 1.29 is 4.79 Å². The monoisotopic (exact) mass is 401 g/mol. The number of hydrogen-bond donors (Lipinski definition) is 2. The first-order valence-electron chi connectivity index (χ1n) is 7.15. The second-order valence-corrected chi connectivity index (χ2v) is 6.43. The van der Waals surface area contributed by atoms with Crippen molar-refractivity contribution in [3.05, 3.63) is 40.6 Å². The van der Waals surface area contributed by atoms with Crippen LogP contribution in [0.25, 0.3) is 0 Å². The summed E-state index contributed by atoms with van der Waals surface area (Å²) in [6.07, 6.45) is 3.03. The molecule has 0 saturated carbocycles. The van der Waals surface area contributed by atoms with Crippen LogP contribution in [0.15, 0.2) is 35.1 Å². The van der Waals surface area contributed by atoms with Gasteiger partial charge in [-0.25, -0.2) is 9.67 Å². The van der Waals surface area contributed by atoms with Crippen LogP contribution >= 0.6 is 28.3 Å². The van der Waals surface area contributed by atoms with Crippen LogP contribution in [-0.4, -0.2) is 26.2 Å². The molecule has 6 nitrogen and oxygen atoms in total. The van der Waals surface area contributed by atoms with Gasteiger partial charge in [-0.3, -0.25) is 10.1 Å². The summed E-state index contributed by atoms with van der Waals surface area (Å²) < 4.78 is 2.68. The fraction of sp³-hybridized carbons (Fsp3) is 0.400. The molecule has 8 heteroatoms. The Bertz CT molecular complexity index is 659. The van der Waals surface area contributed by atoms with Crippen LogP contribution in [0.2, 0.25) is 0 Å².